The number of likely N-dealkylation sites (N-methyl/N-ethyl adjacent to an activating group) is 1. The van der Waals surface area contributed by atoms with Crippen LogP contribution in [0, 0.1) is 5.92 Å². The van der Waals surface area contributed by atoms with Crippen LogP contribution in [0.25, 0.3) is 0 Å². The van der Waals surface area contributed by atoms with Crippen molar-refractivity contribution in [3.8, 4) is 0 Å². The Morgan fingerprint density at radius 1 is 1.11 bits per heavy atom. The molecular formula is C17H25NO. The summed E-state index contributed by atoms with van der Waals surface area (Å²) in [6.07, 6.45) is 6.03. The quantitative estimate of drug-likeness (QED) is 0.882. The summed E-state index contributed by atoms with van der Waals surface area (Å²) in [5.74, 6) is 0.759. The van der Waals surface area contributed by atoms with Crippen LogP contribution < -0.4 is 0 Å². The molecule has 2 nitrogen and oxygen atoms in total. The van der Waals surface area contributed by atoms with Crippen LogP contribution in [-0.4, -0.2) is 29.1 Å². The lowest BCUT2D eigenvalue weighted by molar-refractivity contribution is 0.0238. The summed E-state index contributed by atoms with van der Waals surface area (Å²) in [6, 6.07) is 9.27. The molecule has 2 heteroatoms. The lowest BCUT2D eigenvalue weighted by Crippen LogP contribution is -2.46. The van der Waals surface area contributed by atoms with Crippen LogP contribution in [0.2, 0.25) is 0 Å². The van der Waals surface area contributed by atoms with E-state index in [1.54, 1.807) is 0 Å². The van der Waals surface area contributed by atoms with E-state index < -0.39 is 0 Å². The van der Waals surface area contributed by atoms with Gasteiger partial charge in [-0.05, 0) is 43.4 Å². The maximum absolute atomic E-state index is 10.6. The number of hydrogen-bond acceptors (Lipinski definition) is 2. The summed E-state index contributed by atoms with van der Waals surface area (Å²) in [7, 11) is 2.21. The second-order valence-electron chi connectivity index (χ2n) is 6.41. The molecule has 1 N–H and O–H groups in total. The normalized spacial score (nSPS) is 34.5. The van der Waals surface area contributed by atoms with Gasteiger partial charge in [-0.1, -0.05) is 44.0 Å². The molecule has 2 aliphatic carbocycles. The second kappa shape index (κ2) is 5.26. The van der Waals surface area contributed by atoms with Crippen molar-refractivity contribution >= 4 is 0 Å². The molecule has 1 saturated carbocycles. The number of rotatable bonds is 2. The average Bonchev–Trinajstić information content (AvgIpc) is 2.77. The molecule has 0 saturated heterocycles. The summed E-state index contributed by atoms with van der Waals surface area (Å²) in [5.41, 5.74) is 2.47. The summed E-state index contributed by atoms with van der Waals surface area (Å²) in [6.45, 7) is 2.37. The molecule has 0 radical (unpaired) electrons. The minimum absolute atomic E-state index is 0.267. The van der Waals surface area contributed by atoms with Gasteiger partial charge in [-0.2, -0.15) is 0 Å². The SMILES string of the molecule is CC1CCCCC1N(C)C1Cc2ccccc2C1O. The van der Waals surface area contributed by atoms with E-state index in [-0.39, 0.29) is 12.1 Å². The highest BCUT2D eigenvalue weighted by Gasteiger charge is 2.37. The third-order valence-electron chi connectivity index (χ3n) is 5.28. The van der Waals surface area contributed by atoms with E-state index in [0.29, 0.717) is 6.04 Å². The van der Waals surface area contributed by atoms with Crippen molar-refractivity contribution in [3.63, 3.8) is 0 Å². The first-order chi connectivity index (χ1) is 9.18. The molecule has 1 aromatic rings. The van der Waals surface area contributed by atoms with Gasteiger partial charge < -0.3 is 5.11 Å². The minimum Gasteiger partial charge on any atom is -0.387 e. The smallest absolute Gasteiger partial charge is 0.0951 e. The largest absolute Gasteiger partial charge is 0.387 e. The van der Waals surface area contributed by atoms with E-state index >= 15 is 0 Å². The molecule has 4 atom stereocenters. The van der Waals surface area contributed by atoms with Crippen LogP contribution in [0.4, 0.5) is 0 Å². The van der Waals surface area contributed by atoms with Crippen LogP contribution >= 0.6 is 0 Å². The van der Waals surface area contributed by atoms with Gasteiger partial charge in [0, 0.05) is 12.1 Å². The van der Waals surface area contributed by atoms with Gasteiger partial charge in [-0.25, -0.2) is 0 Å². The van der Waals surface area contributed by atoms with E-state index in [1.807, 2.05) is 6.07 Å². The zero-order valence-corrected chi connectivity index (χ0v) is 12.0. The Balaban J connectivity index is 1.77. The fourth-order valence-corrected chi connectivity index (χ4v) is 4.07. The van der Waals surface area contributed by atoms with Crippen LogP contribution in [0.15, 0.2) is 24.3 Å². The maximum atomic E-state index is 10.6. The Labute approximate surface area is 116 Å². The van der Waals surface area contributed by atoms with Crippen LogP contribution in [0.5, 0.6) is 0 Å². The van der Waals surface area contributed by atoms with Gasteiger partial charge in [0.15, 0.2) is 0 Å². The highest BCUT2D eigenvalue weighted by atomic mass is 16.3. The Bertz CT molecular complexity index is 445. The van der Waals surface area contributed by atoms with Crippen molar-refractivity contribution in [2.24, 2.45) is 5.92 Å². The molecule has 1 fully saturated rings. The lowest BCUT2D eigenvalue weighted by atomic mass is 9.84. The van der Waals surface area contributed by atoms with Gasteiger partial charge in [0.1, 0.15) is 0 Å². The van der Waals surface area contributed by atoms with Crippen LogP contribution in [0.1, 0.15) is 49.8 Å². The molecule has 2 aliphatic rings. The number of fused-ring (bicyclic) bond motifs is 1. The second-order valence-corrected chi connectivity index (χ2v) is 6.41. The lowest BCUT2D eigenvalue weighted by Gasteiger charge is -2.40. The summed E-state index contributed by atoms with van der Waals surface area (Å²) >= 11 is 0. The molecule has 0 bridgehead atoms. The Morgan fingerprint density at radius 3 is 2.58 bits per heavy atom. The minimum atomic E-state index is -0.310. The molecule has 4 unspecified atom stereocenters. The number of nitrogens with zero attached hydrogens (tertiary/aromatic N) is 1. The molecule has 1 aromatic carbocycles. The van der Waals surface area contributed by atoms with E-state index in [2.05, 4.69) is 37.1 Å². The number of aliphatic hydroxyl groups is 1. The number of benzene rings is 1. The van der Waals surface area contributed by atoms with Crippen LogP contribution in [-0.2, 0) is 6.42 Å². The van der Waals surface area contributed by atoms with E-state index in [9.17, 15) is 5.11 Å². The highest BCUT2D eigenvalue weighted by molar-refractivity contribution is 5.35. The van der Waals surface area contributed by atoms with E-state index in [1.165, 1.54) is 31.2 Å². The first-order valence-electron chi connectivity index (χ1n) is 7.66. The van der Waals surface area contributed by atoms with Gasteiger partial charge >= 0.3 is 0 Å². The predicted octanol–water partition coefficient (Wildman–Crippen LogP) is 3.16. The van der Waals surface area contributed by atoms with Crippen LogP contribution in [0.3, 0.4) is 0 Å². The topological polar surface area (TPSA) is 23.5 Å². The van der Waals surface area contributed by atoms with Gasteiger partial charge in [0.25, 0.3) is 0 Å². The first-order valence-corrected chi connectivity index (χ1v) is 7.66. The molecule has 3 rings (SSSR count). The zero-order valence-electron chi connectivity index (χ0n) is 12.0. The molecule has 0 heterocycles. The van der Waals surface area contributed by atoms with Gasteiger partial charge in [0.05, 0.1) is 6.10 Å². The summed E-state index contributed by atoms with van der Waals surface area (Å²) in [4.78, 5) is 2.47. The molecular weight excluding hydrogens is 234 g/mol. The van der Waals surface area contributed by atoms with Crippen molar-refractivity contribution in [3.05, 3.63) is 35.4 Å². The number of hydrogen-bond donors (Lipinski definition) is 1. The average molecular weight is 259 g/mol. The van der Waals surface area contributed by atoms with Crippen molar-refractivity contribution in [2.45, 2.75) is 57.2 Å². The maximum Gasteiger partial charge on any atom is 0.0951 e. The summed E-state index contributed by atoms with van der Waals surface area (Å²) < 4.78 is 0. The third-order valence-corrected chi connectivity index (χ3v) is 5.28. The van der Waals surface area contributed by atoms with Crippen molar-refractivity contribution in [1.29, 1.82) is 0 Å². The third kappa shape index (κ3) is 2.32. The molecule has 19 heavy (non-hydrogen) atoms. The monoisotopic (exact) mass is 259 g/mol. The van der Waals surface area contributed by atoms with Crippen molar-refractivity contribution < 1.29 is 5.11 Å². The van der Waals surface area contributed by atoms with Crippen molar-refractivity contribution in [2.75, 3.05) is 7.05 Å². The molecule has 0 amide bonds. The first kappa shape index (κ1) is 13.1. The fraction of sp³-hybridized carbons (Fsp3) is 0.647. The molecule has 0 aromatic heterocycles. The van der Waals surface area contributed by atoms with Gasteiger partial charge in [-0.3, -0.25) is 4.90 Å². The van der Waals surface area contributed by atoms with E-state index in [4.69, 9.17) is 0 Å². The van der Waals surface area contributed by atoms with Gasteiger partial charge in [0.2, 0.25) is 0 Å². The Kier molecular flexibility index (Phi) is 3.64. The standard InChI is InChI=1S/C17H25NO/c1-12-7-3-6-10-15(12)18(2)16-11-13-8-4-5-9-14(13)17(16)19/h4-5,8-9,12,15-17,19H,3,6-7,10-11H2,1-2H3. The molecule has 0 aliphatic heterocycles. The van der Waals surface area contributed by atoms with E-state index in [0.717, 1.165) is 17.9 Å². The Hall–Kier alpha value is -0.860. The fourth-order valence-electron chi connectivity index (χ4n) is 4.07. The van der Waals surface area contributed by atoms with Gasteiger partial charge in [-0.15, -0.1) is 0 Å². The summed E-state index contributed by atoms with van der Waals surface area (Å²) in [5, 5.41) is 10.6. The molecule has 0 spiro atoms. The van der Waals surface area contributed by atoms with Crippen molar-refractivity contribution in [1.82, 2.24) is 4.90 Å². The molecule has 104 valence electrons. The highest BCUT2D eigenvalue weighted by Crippen LogP contribution is 2.37. The predicted molar refractivity (Wildman–Crippen MR) is 78.1 cm³/mol. The zero-order chi connectivity index (χ0) is 13.4. The Morgan fingerprint density at radius 2 is 1.84 bits per heavy atom. The number of aliphatic hydroxyl groups excluding tert-OH is 1.